The summed E-state index contributed by atoms with van der Waals surface area (Å²) in [6.45, 7) is 9.69. The van der Waals surface area contributed by atoms with E-state index in [1.165, 1.54) is 0 Å². The first-order chi connectivity index (χ1) is 13.1. The Labute approximate surface area is 184 Å². The molecule has 1 aromatic carbocycles. The number of benzene rings is 1. The van der Waals surface area contributed by atoms with Gasteiger partial charge in [0.2, 0.25) is 0 Å². The molecule has 0 unspecified atom stereocenters. The highest BCUT2D eigenvalue weighted by Gasteiger charge is 2.06. The zero-order valence-electron chi connectivity index (χ0n) is 17.1. The fourth-order valence-corrected chi connectivity index (χ4v) is 2.43. The summed E-state index contributed by atoms with van der Waals surface area (Å²) in [6, 6.07) is 6.16. The molecule has 0 amide bonds. The van der Waals surface area contributed by atoms with Crippen LogP contribution in [0.2, 0.25) is 0 Å². The molecular weight excluding hydrogens is 471 g/mol. The van der Waals surface area contributed by atoms with Crippen molar-refractivity contribution in [1.29, 1.82) is 0 Å². The molecule has 0 aliphatic carbocycles. The number of guanidine groups is 1. The minimum atomic E-state index is 0. The lowest BCUT2D eigenvalue weighted by atomic mass is 10.1. The third-order valence-electron chi connectivity index (χ3n) is 3.88. The average Bonchev–Trinajstić information content (AvgIpc) is 3.07. The van der Waals surface area contributed by atoms with E-state index in [2.05, 4.69) is 44.8 Å². The van der Waals surface area contributed by atoms with Crippen LogP contribution in [0.25, 0.3) is 0 Å². The van der Waals surface area contributed by atoms with E-state index in [1.54, 1.807) is 11.0 Å². The van der Waals surface area contributed by atoms with Crippen molar-refractivity contribution in [3.63, 3.8) is 0 Å². The first-order valence-electron chi connectivity index (χ1n) is 9.29. The van der Waals surface area contributed by atoms with Crippen LogP contribution in [0.1, 0.15) is 30.8 Å². The number of nitrogens with zero attached hydrogens (tertiary/aromatic N) is 4. The molecule has 2 aromatic rings. The van der Waals surface area contributed by atoms with Gasteiger partial charge in [-0.25, -0.2) is 9.98 Å². The van der Waals surface area contributed by atoms with Crippen molar-refractivity contribution in [3.8, 4) is 5.75 Å². The molecule has 0 saturated heterocycles. The van der Waals surface area contributed by atoms with Gasteiger partial charge < -0.3 is 20.1 Å². The van der Waals surface area contributed by atoms with E-state index in [-0.39, 0.29) is 24.0 Å². The van der Waals surface area contributed by atoms with Crippen LogP contribution in [0.3, 0.4) is 0 Å². The molecule has 28 heavy (non-hydrogen) atoms. The molecule has 156 valence electrons. The van der Waals surface area contributed by atoms with Gasteiger partial charge in [0.15, 0.2) is 5.96 Å². The normalized spacial score (nSPS) is 11.1. The lowest BCUT2D eigenvalue weighted by Crippen LogP contribution is -2.37. The van der Waals surface area contributed by atoms with Crippen LogP contribution in [0, 0.1) is 6.92 Å². The van der Waals surface area contributed by atoms with Gasteiger partial charge >= 0.3 is 0 Å². The summed E-state index contributed by atoms with van der Waals surface area (Å²) >= 11 is 0. The summed E-state index contributed by atoms with van der Waals surface area (Å²) in [5.74, 6) is 2.42. The number of aryl methyl sites for hydroxylation is 2. The van der Waals surface area contributed by atoms with Crippen LogP contribution < -0.4 is 15.4 Å². The van der Waals surface area contributed by atoms with E-state index in [1.807, 2.05) is 27.0 Å². The Kier molecular flexibility index (Phi) is 11.5. The van der Waals surface area contributed by atoms with Crippen molar-refractivity contribution >= 4 is 29.9 Å². The molecular formula is C19H31IN6O2. The zero-order valence-corrected chi connectivity index (χ0v) is 19.4. The van der Waals surface area contributed by atoms with Crippen molar-refractivity contribution < 1.29 is 9.47 Å². The standard InChI is InChI=1S/C19H30N6O2.HI/c1-5-20-19(22-13-18-23-14-24-25(18)4)21-12-16-8-7-15(3)11-17(16)27-10-9-26-6-2;/h7-8,11,14H,5-6,9-10,12-13H2,1-4H3,(H2,20,21,22);1H. The molecule has 1 aromatic heterocycles. The maximum atomic E-state index is 5.89. The monoisotopic (exact) mass is 502 g/mol. The highest BCUT2D eigenvalue weighted by molar-refractivity contribution is 14.0. The minimum absolute atomic E-state index is 0. The van der Waals surface area contributed by atoms with Gasteiger partial charge in [-0.1, -0.05) is 12.1 Å². The minimum Gasteiger partial charge on any atom is -0.491 e. The second kappa shape index (κ2) is 13.3. The molecule has 2 N–H and O–H groups in total. The molecule has 1 heterocycles. The molecule has 0 aliphatic heterocycles. The average molecular weight is 502 g/mol. The molecule has 0 aliphatic rings. The van der Waals surface area contributed by atoms with Crippen molar-refractivity contribution in [3.05, 3.63) is 41.5 Å². The van der Waals surface area contributed by atoms with Gasteiger partial charge in [0.05, 0.1) is 19.7 Å². The van der Waals surface area contributed by atoms with E-state index < -0.39 is 0 Å². The highest BCUT2D eigenvalue weighted by atomic mass is 127. The second-order valence-electron chi connectivity index (χ2n) is 6.01. The Bertz CT molecular complexity index is 735. The van der Waals surface area contributed by atoms with Crippen LogP contribution >= 0.6 is 24.0 Å². The molecule has 0 radical (unpaired) electrons. The Morgan fingerprint density at radius 2 is 2.04 bits per heavy atom. The molecule has 8 nitrogen and oxygen atoms in total. The van der Waals surface area contributed by atoms with Gasteiger partial charge in [0.1, 0.15) is 24.5 Å². The van der Waals surface area contributed by atoms with Gasteiger partial charge in [0.25, 0.3) is 0 Å². The number of nitrogens with one attached hydrogen (secondary N) is 2. The van der Waals surface area contributed by atoms with Crippen molar-refractivity contribution in [2.75, 3.05) is 26.4 Å². The van der Waals surface area contributed by atoms with E-state index in [0.717, 1.165) is 35.2 Å². The number of hydrogen-bond donors (Lipinski definition) is 2. The van der Waals surface area contributed by atoms with E-state index in [9.17, 15) is 0 Å². The summed E-state index contributed by atoms with van der Waals surface area (Å²) in [7, 11) is 1.87. The van der Waals surface area contributed by atoms with Crippen LogP contribution in [0.5, 0.6) is 5.75 Å². The lowest BCUT2D eigenvalue weighted by Gasteiger charge is -2.13. The fraction of sp³-hybridized carbons (Fsp3) is 0.526. The Morgan fingerprint density at radius 1 is 1.21 bits per heavy atom. The molecule has 0 bridgehead atoms. The van der Waals surface area contributed by atoms with Crippen LogP contribution in [0.4, 0.5) is 0 Å². The SMILES string of the molecule is CCNC(=NCc1ccc(C)cc1OCCOCC)NCc1ncnn1C.I. The number of aromatic nitrogens is 3. The van der Waals surface area contributed by atoms with Crippen molar-refractivity contribution in [1.82, 2.24) is 25.4 Å². The number of hydrogen-bond acceptors (Lipinski definition) is 5. The van der Waals surface area contributed by atoms with Gasteiger partial charge in [-0.15, -0.1) is 24.0 Å². The van der Waals surface area contributed by atoms with E-state index in [0.29, 0.717) is 32.9 Å². The third kappa shape index (κ3) is 8.01. The van der Waals surface area contributed by atoms with Gasteiger partial charge in [-0.05, 0) is 32.4 Å². The summed E-state index contributed by atoms with van der Waals surface area (Å²) in [6.07, 6.45) is 1.54. The first kappa shape index (κ1) is 24.2. The van der Waals surface area contributed by atoms with Crippen LogP contribution in [-0.2, 0) is 24.9 Å². The Balaban J connectivity index is 0.00000392. The number of aliphatic imine (C=N–C) groups is 1. The maximum absolute atomic E-state index is 5.89. The second-order valence-corrected chi connectivity index (χ2v) is 6.01. The van der Waals surface area contributed by atoms with E-state index in [4.69, 9.17) is 9.47 Å². The Morgan fingerprint density at radius 3 is 2.71 bits per heavy atom. The number of ether oxygens (including phenoxy) is 2. The molecule has 0 fully saturated rings. The first-order valence-corrected chi connectivity index (χ1v) is 9.29. The molecule has 0 atom stereocenters. The smallest absolute Gasteiger partial charge is 0.191 e. The van der Waals surface area contributed by atoms with Crippen molar-refractivity contribution in [2.45, 2.75) is 33.9 Å². The molecule has 0 spiro atoms. The largest absolute Gasteiger partial charge is 0.491 e. The predicted octanol–water partition coefficient (Wildman–Crippen LogP) is 2.41. The maximum Gasteiger partial charge on any atom is 0.191 e. The zero-order chi connectivity index (χ0) is 19.5. The topological polar surface area (TPSA) is 85.6 Å². The van der Waals surface area contributed by atoms with Gasteiger partial charge in [-0.3, -0.25) is 4.68 Å². The fourth-order valence-electron chi connectivity index (χ4n) is 2.43. The number of halogens is 1. The summed E-state index contributed by atoms with van der Waals surface area (Å²) in [5.41, 5.74) is 2.19. The Hall–Kier alpha value is -1.88. The molecule has 0 saturated carbocycles. The van der Waals surface area contributed by atoms with Crippen LogP contribution in [0.15, 0.2) is 29.5 Å². The molecule has 2 rings (SSSR count). The highest BCUT2D eigenvalue weighted by Crippen LogP contribution is 2.21. The predicted molar refractivity (Wildman–Crippen MR) is 121 cm³/mol. The van der Waals surface area contributed by atoms with Gasteiger partial charge in [0, 0.05) is 25.8 Å². The van der Waals surface area contributed by atoms with Crippen molar-refractivity contribution in [2.24, 2.45) is 12.0 Å². The van der Waals surface area contributed by atoms with Crippen LogP contribution in [-0.4, -0.2) is 47.1 Å². The lowest BCUT2D eigenvalue weighted by molar-refractivity contribution is 0.110. The number of rotatable bonds is 10. The quantitative estimate of drug-likeness (QED) is 0.225. The summed E-state index contributed by atoms with van der Waals surface area (Å²) < 4.78 is 13.0. The molecule has 9 heteroatoms. The van der Waals surface area contributed by atoms with E-state index >= 15 is 0 Å². The summed E-state index contributed by atoms with van der Waals surface area (Å²) in [4.78, 5) is 8.89. The summed E-state index contributed by atoms with van der Waals surface area (Å²) in [5, 5.41) is 10.6. The van der Waals surface area contributed by atoms with Gasteiger partial charge in [-0.2, -0.15) is 5.10 Å². The third-order valence-corrected chi connectivity index (χ3v) is 3.88.